The van der Waals surface area contributed by atoms with Crippen LogP contribution in [0.2, 0.25) is 0 Å². The Kier molecular flexibility index (Phi) is 5.92. The van der Waals surface area contributed by atoms with Crippen LogP contribution in [-0.4, -0.2) is 45.9 Å². The van der Waals surface area contributed by atoms with E-state index in [1.54, 1.807) is 26.6 Å². The second-order valence-electron chi connectivity index (χ2n) is 9.40. The first kappa shape index (κ1) is 23.0. The predicted molar refractivity (Wildman–Crippen MR) is 143 cm³/mol. The zero-order valence-corrected chi connectivity index (χ0v) is 21.0. The third kappa shape index (κ3) is 4.58. The number of aromatic nitrogens is 5. The van der Waals surface area contributed by atoms with Crippen LogP contribution in [0.3, 0.4) is 0 Å². The van der Waals surface area contributed by atoms with E-state index in [4.69, 9.17) is 14.5 Å². The predicted octanol–water partition coefficient (Wildman–Crippen LogP) is 5.68. The number of nitrogens with zero attached hydrogens (tertiary/aromatic N) is 5. The summed E-state index contributed by atoms with van der Waals surface area (Å²) in [6.45, 7) is 2.83. The van der Waals surface area contributed by atoms with Gasteiger partial charge in [-0.05, 0) is 61.1 Å². The molecule has 1 N–H and O–H groups in total. The number of benzene rings is 2. The van der Waals surface area contributed by atoms with E-state index in [0.717, 1.165) is 63.8 Å². The first-order chi connectivity index (χ1) is 18.1. The highest BCUT2D eigenvalue weighted by Gasteiger charge is 2.39. The van der Waals surface area contributed by atoms with E-state index in [-0.39, 0.29) is 0 Å². The highest BCUT2D eigenvalue weighted by atomic mass is 16.5. The zero-order chi connectivity index (χ0) is 25.4. The van der Waals surface area contributed by atoms with Gasteiger partial charge in [-0.1, -0.05) is 0 Å². The Hall–Kier alpha value is -4.46. The minimum atomic E-state index is 0.515. The van der Waals surface area contributed by atoms with Crippen molar-refractivity contribution in [1.82, 2.24) is 25.1 Å². The van der Waals surface area contributed by atoms with Crippen molar-refractivity contribution in [3.63, 3.8) is 0 Å². The first-order valence-electron chi connectivity index (χ1n) is 12.3. The molecule has 0 saturated heterocycles. The Balaban J connectivity index is 1.40. The standard InChI is InChI=1S/C29H28N6O2/c1-18-26(15-32-34-18)29-16-31-27-5-4-21(13-28(27)33-29)35(22-11-23(36-2)14-24(12-22)37-3)17-20-10-25(20)19-6-8-30-9-7-19/h4-9,11-16,20,25H,10,17H2,1-3H3,(H,32,34). The molecule has 6 rings (SSSR count). The lowest BCUT2D eigenvalue weighted by Gasteiger charge is -2.26. The van der Waals surface area contributed by atoms with Gasteiger partial charge in [0.1, 0.15) is 11.5 Å². The Morgan fingerprint density at radius 2 is 1.70 bits per heavy atom. The quantitative estimate of drug-likeness (QED) is 0.298. The van der Waals surface area contributed by atoms with Crippen molar-refractivity contribution < 1.29 is 9.47 Å². The number of fused-ring (bicyclic) bond motifs is 1. The number of aryl methyl sites for hydroxylation is 1. The molecule has 1 saturated carbocycles. The van der Waals surface area contributed by atoms with Gasteiger partial charge in [0.15, 0.2) is 0 Å². The zero-order valence-electron chi connectivity index (χ0n) is 21.0. The van der Waals surface area contributed by atoms with Crippen molar-refractivity contribution in [2.45, 2.75) is 19.3 Å². The third-order valence-corrected chi connectivity index (χ3v) is 7.07. The van der Waals surface area contributed by atoms with Gasteiger partial charge in [-0.3, -0.25) is 15.1 Å². The molecule has 0 radical (unpaired) electrons. The summed E-state index contributed by atoms with van der Waals surface area (Å²) >= 11 is 0. The molecule has 186 valence electrons. The molecule has 2 unspecified atom stereocenters. The molecule has 0 spiro atoms. The average molecular weight is 493 g/mol. The van der Waals surface area contributed by atoms with Gasteiger partial charge in [-0.15, -0.1) is 0 Å². The van der Waals surface area contributed by atoms with Gasteiger partial charge in [0.2, 0.25) is 0 Å². The van der Waals surface area contributed by atoms with Gasteiger partial charge >= 0.3 is 0 Å². The molecular weight excluding hydrogens is 464 g/mol. The number of ether oxygens (including phenoxy) is 2. The number of aromatic amines is 1. The molecule has 8 heteroatoms. The fourth-order valence-corrected chi connectivity index (χ4v) is 4.92. The molecule has 8 nitrogen and oxygen atoms in total. The molecular formula is C29H28N6O2. The van der Waals surface area contributed by atoms with Gasteiger partial charge in [0.25, 0.3) is 0 Å². The number of pyridine rings is 1. The molecule has 3 aromatic heterocycles. The van der Waals surface area contributed by atoms with E-state index in [0.29, 0.717) is 11.8 Å². The summed E-state index contributed by atoms with van der Waals surface area (Å²) in [6.07, 6.45) is 8.47. The monoisotopic (exact) mass is 492 g/mol. The van der Waals surface area contributed by atoms with Gasteiger partial charge in [0.05, 0.1) is 43.3 Å². The molecule has 2 atom stereocenters. The van der Waals surface area contributed by atoms with Crippen LogP contribution in [0.4, 0.5) is 11.4 Å². The third-order valence-electron chi connectivity index (χ3n) is 7.07. The van der Waals surface area contributed by atoms with E-state index < -0.39 is 0 Å². The largest absolute Gasteiger partial charge is 0.497 e. The molecule has 37 heavy (non-hydrogen) atoms. The van der Waals surface area contributed by atoms with E-state index >= 15 is 0 Å². The molecule has 1 aliphatic carbocycles. The lowest BCUT2D eigenvalue weighted by molar-refractivity contribution is 0.394. The summed E-state index contributed by atoms with van der Waals surface area (Å²) in [5.41, 5.74) is 7.77. The first-order valence-corrected chi connectivity index (χ1v) is 12.3. The van der Waals surface area contributed by atoms with Crippen LogP contribution < -0.4 is 14.4 Å². The van der Waals surface area contributed by atoms with Crippen LogP contribution in [0.5, 0.6) is 11.5 Å². The normalized spacial score (nSPS) is 16.5. The van der Waals surface area contributed by atoms with Gasteiger partial charge in [0, 0.05) is 59.8 Å². The Labute approximate surface area is 215 Å². The van der Waals surface area contributed by atoms with Gasteiger partial charge < -0.3 is 14.4 Å². The van der Waals surface area contributed by atoms with Crippen molar-refractivity contribution in [2.75, 3.05) is 25.7 Å². The number of H-pyrrole nitrogens is 1. The molecule has 1 aliphatic rings. The molecule has 1 fully saturated rings. The molecule has 3 heterocycles. The Bertz CT molecular complexity index is 1530. The number of rotatable bonds is 8. The lowest BCUT2D eigenvalue weighted by Crippen LogP contribution is -2.20. The Morgan fingerprint density at radius 1 is 0.919 bits per heavy atom. The second-order valence-corrected chi connectivity index (χ2v) is 9.40. The van der Waals surface area contributed by atoms with Crippen molar-refractivity contribution in [3.8, 4) is 22.8 Å². The highest BCUT2D eigenvalue weighted by Crippen LogP contribution is 2.49. The van der Waals surface area contributed by atoms with Crippen LogP contribution >= 0.6 is 0 Å². The van der Waals surface area contributed by atoms with Crippen LogP contribution in [-0.2, 0) is 0 Å². The van der Waals surface area contributed by atoms with Crippen molar-refractivity contribution in [2.24, 2.45) is 5.92 Å². The maximum absolute atomic E-state index is 5.59. The minimum absolute atomic E-state index is 0.515. The molecule has 0 bridgehead atoms. The molecule has 0 aliphatic heterocycles. The van der Waals surface area contributed by atoms with E-state index in [2.05, 4.69) is 49.3 Å². The topological polar surface area (TPSA) is 89.0 Å². The van der Waals surface area contributed by atoms with Crippen LogP contribution in [0.1, 0.15) is 23.6 Å². The summed E-state index contributed by atoms with van der Waals surface area (Å²) in [6, 6.07) is 16.5. The number of methoxy groups -OCH3 is 2. The van der Waals surface area contributed by atoms with E-state index in [1.165, 1.54) is 5.56 Å². The van der Waals surface area contributed by atoms with Gasteiger partial charge in [-0.2, -0.15) is 5.10 Å². The summed E-state index contributed by atoms with van der Waals surface area (Å²) in [4.78, 5) is 16.1. The summed E-state index contributed by atoms with van der Waals surface area (Å²) < 4.78 is 11.2. The number of hydrogen-bond donors (Lipinski definition) is 1. The smallest absolute Gasteiger partial charge is 0.124 e. The fourth-order valence-electron chi connectivity index (χ4n) is 4.92. The SMILES string of the molecule is COc1cc(OC)cc(N(CC2CC2c2ccncc2)c2ccc3ncc(-c4cn[nH]c4C)nc3c2)c1. The molecule has 0 amide bonds. The molecule has 2 aromatic carbocycles. The van der Waals surface area contributed by atoms with Crippen LogP contribution in [0.15, 0.2) is 73.3 Å². The maximum Gasteiger partial charge on any atom is 0.124 e. The fraction of sp³-hybridized carbons (Fsp3) is 0.241. The summed E-state index contributed by atoms with van der Waals surface area (Å²) in [5.74, 6) is 2.54. The van der Waals surface area contributed by atoms with Crippen molar-refractivity contribution in [3.05, 3.63) is 84.6 Å². The summed E-state index contributed by atoms with van der Waals surface area (Å²) in [7, 11) is 3.35. The van der Waals surface area contributed by atoms with Crippen LogP contribution in [0.25, 0.3) is 22.3 Å². The van der Waals surface area contributed by atoms with E-state index in [1.807, 2.05) is 43.6 Å². The Morgan fingerprint density at radius 3 is 2.41 bits per heavy atom. The van der Waals surface area contributed by atoms with Crippen LogP contribution in [0, 0.1) is 12.8 Å². The molecule has 5 aromatic rings. The lowest BCUT2D eigenvalue weighted by atomic mass is 10.1. The number of hydrogen-bond acceptors (Lipinski definition) is 7. The average Bonchev–Trinajstić information content (AvgIpc) is 3.60. The number of nitrogens with one attached hydrogen (secondary N) is 1. The van der Waals surface area contributed by atoms with Gasteiger partial charge in [-0.25, -0.2) is 4.98 Å². The number of anilines is 2. The highest BCUT2D eigenvalue weighted by molar-refractivity contribution is 5.83. The van der Waals surface area contributed by atoms with Crippen molar-refractivity contribution >= 4 is 22.4 Å². The summed E-state index contributed by atoms with van der Waals surface area (Å²) in [5, 5.41) is 7.12. The minimum Gasteiger partial charge on any atom is -0.497 e. The second kappa shape index (κ2) is 9.54. The van der Waals surface area contributed by atoms with E-state index in [9.17, 15) is 0 Å². The maximum atomic E-state index is 5.59. The van der Waals surface area contributed by atoms with Crippen molar-refractivity contribution in [1.29, 1.82) is 0 Å².